The fourth-order valence-electron chi connectivity index (χ4n) is 6.53. The van der Waals surface area contributed by atoms with E-state index < -0.39 is 17.7 Å². The van der Waals surface area contributed by atoms with Gasteiger partial charge in [-0.1, -0.05) is 30.3 Å². The van der Waals surface area contributed by atoms with Crippen LogP contribution in [0.1, 0.15) is 59.1 Å². The lowest BCUT2D eigenvalue weighted by Crippen LogP contribution is -2.42. The average molecular weight is 731 g/mol. The number of aromatic nitrogens is 1. The van der Waals surface area contributed by atoms with Crippen molar-refractivity contribution in [2.75, 3.05) is 25.5 Å². The number of benzene rings is 2. The molecule has 0 radical (unpaired) electrons. The average Bonchev–Trinajstić information content (AvgIpc) is 3.88. The Bertz CT molecular complexity index is 1940. The molecular weight excluding hydrogens is 689 g/mol. The predicted octanol–water partition coefficient (Wildman–Crippen LogP) is 5.23. The standard InChI is InChI=1S/C38H42N4O7S2/c1-42(26-10-12-27(13-11-26)49-37(47)38(48,32-4-2-20-50-32)33-5-3-21-51-33)19-18-35(46)40-25-8-6-24(7-9-25)22-39-23-31(44)28-14-16-30(43)36-29(28)15-17-34(45)41-36/h2-9,14-17,20-21,26-27,31,39,43-44,48H,10-13,18-19,22-23H2,1H3,(H,40,46)(H,41,45)/t26-,27-,31-/m0/s1. The number of hydrogen-bond donors (Lipinski definition) is 6. The summed E-state index contributed by atoms with van der Waals surface area (Å²) in [4.78, 5) is 43.7. The molecule has 1 amide bonds. The Kier molecular flexibility index (Phi) is 11.7. The first kappa shape index (κ1) is 36.4. The summed E-state index contributed by atoms with van der Waals surface area (Å²) in [5.41, 5.74) is 0.425. The molecule has 6 rings (SSSR count). The molecule has 2 aromatic carbocycles. The maximum atomic E-state index is 13.3. The normalized spacial score (nSPS) is 17.0. The summed E-state index contributed by atoms with van der Waals surface area (Å²) >= 11 is 2.66. The Morgan fingerprint density at radius 3 is 2.31 bits per heavy atom. The van der Waals surface area contributed by atoms with Crippen LogP contribution in [0.4, 0.5) is 5.69 Å². The number of rotatable bonds is 14. The predicted molar refractivity (Wildman–Crippen MR) is 199 cm³/mol. The van der Waals surface area contributed by atoms with Crippen LogP contribution in [0.15, 0.2) is 88.4 Å². The molecule has 0 bridgehead atoms. The zero-order chi connectivity index (χ0) is 36.0. The van der Waals surface area contributed by atoms with Crippen LogP contribution in [0.2, 0.25) is 0 Å². The summed E-state index contributed by atoms with van der Waals surface area (Å²) in [6.07, 6.45) is 2.23. The monoisotopic (exact) mass is 730 g/mol. The number of aliphatic hydroxyl groups excluding tert-OH is 1. The Balaban J connectivity index is 0.908. The lowest BCUT2D eigenvalue weighted by molar-refractivity contribution is -0.169. The minimum atomic E-state index is -1.80. The number of hydrogen-bond acceptors (Lipinski definition) is 11. The Morgan fingerprint density at radius 1 is 0.980 bits per heavy atom. The van der Waals surface area contributed by atoms with Gasteiger partial charge in [-0.05, 0) is 91.0 Å². The van der Waals surface area contributed by atoms with Gasteiger partial charge in [-0.15, -0.1) is 22.7 Å². The van der Waals surface area contributed by atoms with Gasteiger partial charge in [-0.25, -0.2) is 4.79 Å². The van der Waals surface area contributed by atoms with Crippen LogP contribution >= 0.6 is 22.7 Å². The number of carbonyl (C=O) groups is 2. The Labute approximate surface area is 303 Å². The van der Waals surface area contributed by atoms with Crippen molar-refractivity contribution >= 4 is 51.1 Å². The van der Waals surface area contributed by atoms with E-state index in [9.17, 15) is 29.7 Å². The number of carbonyl (C=O) groups excluding carboxylic acids is 2. The molecule has 1 fully saturated rings. The summed E-state index contributed by atoms with van der Waals surface area (Å²) in [6.45, 7) is 1.34. The van der Waals surface area contributed by atoms with Crippen LogP contribution in [0.3, 0.4) is 0 Å². The highest BCUT2D eigenvalue weighted by Gasteiger charge is 2.45. The van der Waals surface area contributed by atoms with Crippen molar-refractivity contribution < 1.29 is 29.6 Å². The number of esters is 1. The molecule has 268 valence electrons. The molecule has 3 aromatic heterocycles. The van der Waals surface area contributed by atoms with Crippen molar-refractivity contribution in [1.82, 2.24) is 15.2 Å². The molecule has 0 spiro atoms. The highest BCUT2D eigenvalue weighted by Crippen LogP contribution is 2.38. The van der Waals surface area contributed by atoms with E-state index in [0.717, 1.165) is 18.4 Å². The molecule has 6 N–H and O–H groups in total. The molecule has 13 heteroatoms. The van der Waals surface area contributed by atoms with Crippen molar-refractivity contribution in [3.8, 4) is 5.75 Å². The lowest BCUT2D eigenvalue weighted by atomic mass is 9.91. The van der Waals surface area contributed by atoms with Gasteiger partial charge in [0.15, 0.2) is 0 Å². The highest BCUT2D eigenvalue weighted by atomic mass is 32.1. The number of aliphatic hydroxyl groups is 2. The van der Waals surface area contributed by atoms with E-state index in [2.05, 4.69) is 20.5 Å². The van der Waals surface area contributed by atoms with Crippen LogP contribution in [0, 0.1) is 0 Å². The van der Waals surface area contributed by atoms with Gasteiger partial charge in [0.25, 0.3) is 0 Å². The molecule has 1 atom stereocenters. The minimum absolute atomic E-state index is 0.0546. The van der Waals surface area contributed by atoms with Crippen molar-refractivity contribution in [3.63, 3.8) is 0 Å². The number of aromatic amines is 1. The number of amides is 1. The van der Waals surface area contributed by atoms with Gasteiger partial charge < -0.3 is 40.6 Å². The number of ether oxygens (including phenoxy) is 1. The van der Waals surface area contributed by atoms with Gasteiger partial charge >= 0.3 is 5.97 Å². The van der Waals surface area contributed by atoms with Crippen LogP contribution < -0.4 is 16.2 Å². The van der Waals surface area contributed by atoms with E-state index in [4.69, 9.17) is 4.74 Å². The van der Waals surface area contributed by atoms with Gasteiger partial charge in [-0.2, -0.15) is 0 Å². The second kappa shape index (κ2) is 16.3. The van der Waals surface area contributed by atoms with Crippen molar-refractivity contribution in [2.24, 2.45) is 0 Å². The smallest absolute Gasteiger partial charge is 0.349 e. The van der Waals surface area contributed by atoms with Gasteiger partial charge in [0, 0.05) is 49.2 Å². The molecule has 3 heterocycles. The number of nitrogens with one attached hydrogen (secondary N) is 3. The summed E-state index contributed by atoms with van der Waals surface area (Å²) in [5.74, 6) is -0.771. The number of thiophene rings is 2. The third-order valence-corrected chi connectivity index (χ3v) is 11.4. The number of H-pyrrole nitrogens is 1. The lowest BCUT2D eigenvalue weighted by Gasteiger charge is -2.35. The maximum absolute atomic E-state index is 13.3. The first-order valence-electron chi connectivity index (χ1n) is 17.0. The third-order valence-electron chi connectivity index (χ3n) is 9.45. The molecule has 0 aliphatic heterocycles. The van der Waals surface area contributed by atoms with E-state index in [0.29, 0.717) is 64.3 Å². The number of phenolic OH excluding ortho intramolecular Hbond substituents is 1. The maximum Gasteiger partial charge on any atom is 0.349 e. The molecule has 11 nitrogen and oxygen atoms in total. The fraction of sp³-hybridized carbons (Fsp3) is 0.342. The summed E-state index contributed by atoms with van der Waals surface area (Å²) in [5, 5.41) is 42.8. The third kappa shape index (κ3) is 8.58. The molecule has 0 saturated heterocycles. The molecule has 1 aliphatic rings. The SMILES string of the molecule is CN(CCC(=O)Nc1ccc(CNC[C@H](O)c2ccc(O)c3[nH]c(=O)ccc23)cc1)[C@H]1CC[C@H](OC(=O)C(O)(c2cccs2)c2cccs2)CC1. The second-order valence-electron chi connectivity index (χ2n) is 12.9. The van der Waals surface area contributed by atoms with Crippen molar-refractivity contribution in [2.45, 2.75) is 62.5 Å². The Hall–Kier alpha value is -4.37. The van der Waals surface area contributed by atoms with Crippen LogP contribution in [-0.2, 0) is 26.5 Å². The van der Waals surface area contributed by atoms with Gasteiger partial charge in [-0.3, -0.25) is 9.59 Å². The van der Waals surface area contributed by atoms with E-state index in [1.54, 1.807) is 24.3 Å². The number of fused-ring (bicyclic) bond motifs is 1. The van der Waals surface area contributed by atoms with Crippen LogP contribution in [0.5, 0.6) is 5.75 Å². The quantitative estimate of drug-likeness (QED) is 0.0840. The van der Waals surface area contributed by atoms with Crippen molar-refractivity contribution in [3.05, 3.63) is 115 Å². The van der Waals surface area contributed by atoms with Crippen molar-refractivity contribution in [1.29, 1.82) is 0 Å². The summed E-state index contributed by atoms with van der Waals surface area (Å²) < 4.78 is 5.89. The largest absolute Gasteiger partial charge is 0.506 e. The first-order chi connectivity index (χ1) is 24.6. The number of anilines is 1. The van der Waals surface area contributed by atoms with E-state index in [1.165, 1.54) is 34.8 Å². The van der Waals surface area contributed by atoms with Gasteiger partial charge in [0.1, 0.15) is 11.9 Å². The molecular formula is C38H42N4O7S2. The van der Waals surface area contributed by atoms with Crippen LogP contribution in [0.25, 0.3) is 10.9 Å². The molecule has 5 aromatic rings. The number of aromatic hydroxyl groups is 1. The van der Waals surface area contributed by atoms with Gasteiger partial charge in [0.2, 0.25) is 17.1 Å². The zero-order valence-electron chi connectivity index (χ0n) is 28.2. The van der Waals surface area contributed by atoms with E-state index in [1.807, 2.05) is 54.2 Å². The molecule has 0 unspecified atom stereocenters. The number of nitrogens with zero attached hydrogens (tertiary/aromatic N) is 1. The fourth-order valence-corrected chi connectivity index (χ4v) is 8.25. The first-order valence-corrected chi connectivity index (χ1v) is 18.7. The summed E-state index contributed by atoms with van der Waals surface area (Å²) in [7, 11) is 2.01. The topological polar surface area (TPSA) is 164 Å². The van der Waals surface area contributed by atoms with Crippen LogP contribution in [-0.4, -0.2) is 69.4 Å². The van der Waals surface area contributed by atoms with Gasteiger partial charge in [0.05, 0.1) is 21.4 Å². The Morgan fingerprint density at radius 2 is 1.67 bits per heavy atom. The molecule has 51 heavy (non-hydrogen) atoms. The summed E-state index contributed by atoms with van der Waals surface area (Å²) in [6, 6.07) is 21.0. The minimum Gasteiger partial charge on any atom is -0.506 e. The van der Waals surface area contributed by atoms with E-state index >= 15 is 0 Å². The number of phenols is 1. The highest BCUT2D eigenvalue weighted by molar-refractivity contribution is 7.12. The van der Waals surface area contributed by atoms with E-state index in [-0.39, 0.29) is 35.9 Å². The zero-order valence-corrected chi connectivity index (χ0v) is 29.8. The number of pyridine rings is 1. The molecule has 1 aliphatic carbocycles. The second-order valence-corrected chi connectivity index (χ2v) is 14.8. The molecule has 1 saturated carbocycles.